The van der Waals surface area contributed by atoms with E-state index < -0.39 is 25.9 Å². The van der Waals surface area contributed by atoms with Crippen molar-refractivity contribution in [3.05, 3.63) is 12.7 Å². The second-order valence-corrected chi connectivity index (χ2v) is 6.91. The summed E-state index contributed by atoms with van der Waals surface area (Å²) in [5.74, 6) is -0.184. The van der Waals surface area contributed by atoms with E-state index in [1.54, 1.807) is 0 Å². The van der Waals surface area contributed by atoms with Gasteiger partial charge in [-0.1, -0.05) is 0 Å². The molecule has 12 nitrogen and oxygen atoms in total. The number of nitrogen functional groups attached to an aromatic ring is 1. The van der Waals surface area contributed by atoms with E-state index >= 15 is 0 Å². The van der Waals surface area contributed by atoms with Crippen LogP contribution in [0.3, 0.4) is 0 Å². The Morgan fingerprint density at radius 2 is 2.15 bits per heavy atom. The molecule has 0 saturated carbocycles. The first-order chi connectivity index (χ1) is 12.3. The van der Waals surface area contributed by atoms with Crippen molar-refractivity contribution < 1.29 is 28.0 Å². The van der Waals surface area contributed by atoms with Crippen LogP contribution >= 0.6 is 7.82 Å². The second-order valence-electron chi connectivity index (χ2n) is 5.39. The van der Waals surface area contributed by atoms with Gasteiger partial charge < -0.3 is 25.2 Å². The third kappa shape index (κ3) is 4.96. The number of ether oxygens (including phenoxy) is 1. The minimum atomic E-state index is -4.20. The Morgan fingerprint density at radius 3 is 2.81 bits per heavy atom. The molecule has 0 radical (unpaired) electrons. The number of nitrogens with one attached hydrogen (secondary N) is 1. The summed E-state index contributed by atoms with van der Waals surface area (Å²) in [7, 11) is -1.71. The highest BCUT2D eigenvalue weighted by Crippen LogP contribution is 2.43. The maximum Gasteiger partial charge on any atom is 0.472 e. The van der Waals surface area contributed by atoms with Crippen LogP contribution in [0.1, 0.15) is 6.92 Å². The minimum absolute atomic E-state index is 0.0659. The highest BCUT2D eigenvalue weighted by atomic mass is 31.2. The molecule has 0 aliphatic carbocycles. The highest BCUT2D eigenvalue weighted by molar-refractivity contribution is 7.47. The molecular formula is C13H21N6O6P. The fourth-order valence-corrected chi connectivity index (χ4v) is 2.88. The van der Waals surface area contributed by atoms with Gasteiger partial charge in [0.1, 0.15) is 18.4 Å². The van der Waals surface area contributed by atoms with Crippen LogP contribution in [0.2, 0.25) is 0 Å². The zero-order chi connectivity index (χ0) is 19.3. The Bertz CT molecular complexity index is 814. The van der Waals surface area contributed by atoms with E-state index in [0.29, 0.717) is 11.2 Å². The van der Waals surface area contributed by atoms with Gasteiger partial charge in [-0.05, 0) is 6.92 Å². The maximum atomic E-state index is 12.4. The first-order valence-electron chi connectivity index (χ1n) is 7.54. The van der Waals surface area contributed by atoms with Crippen LogP contribution in [0.25, 0.3) is 11.2 Å². The molecular weight excluding hydrogens is 367 g/mol. The Labute approximate surface area is 149 Å². The van der Waals surface area contributed by atoms with Gasteiger partial charge in [0.15, 0.2) is 11.5 Å². The number of imidazole rings is 1. The molecule has 0 spiro atoms. The summed E-state index contributed by atoms with van der Waals surface area (Å²) in [4.78, 5) is 33.7. The average molecular weight is 388 g/mol. The van der Waals surface area contributed by atoms with E-state index in [0.717, 1.165) is 7.11 Å². The SMILES string of the molecule is COC[C@H](NC(=O)Cn1cnc2c(N)ncnc21)[C@H](C)OP(=O)(O)OC. The van der Waals surface area contributed by atoms with Gasteiger partial charge in [-0.15, -0.1) is 0 Å². The van der Waals surface area contributed by atoms with E-state index in [9.17, 15) is 14.3 Å². The molecule has 144 valence electrons. The molecule has 0 aliphatic heterocycles. The van der Waals surface area contributed by atoms with Crippen LogP contribution in [0.5, 0.6) is 0 Å². The Hall–Kier alpha value is -2.11. The normalized spacial score (nSPS) is 16.2. The number of aromatic nitrogens is 4. The monoisotopic (exact) mass is 388 g/mol. The van der Waals surface area contributed by atoms with Gasteiger partial charge in [0.05, 0.1) is 25.1 Å². The number of hydrogen-bond donors (Lipinski definition) is 3. The van der Waals surface area contributed by atoms with Gasteiger partial charge in [0.2, 0.25) is 5.91 Å². The zero-order valence-corrected chi connectivity index (χ0v) is 15.4. The number of phosphoric acid groups is 1. The minimum Gasteiger partial charge on any atom is -0.382 e. The molecule has 2 heterocycles. The third-order valence-corrected chi connectivity index (χ3v) is 4.59. The van der Waals surface area contributed by atoms with Crippen molar-refractivity contribution in [3.63, 3.8) is 0 Å². The lowest BCUT2D eigenvalue weighted by Gasteiger charge is -2.25. The van der Waals surface area contributed by atoms with Crippen molar-refractivity contribution in [1.29, 1.82) is 0 Å². The fraction of sp³-hybridized carbons (Fsp3) is 0.538. The van der Waals surface area contributed by atoms with Gasteiger partial charge in [-0.25, -0.2) is 19.5 Å². The van der Waals surface area contributed by atoms with E-state index in [1.165, 1.54) is 31.3 Å². The Kier molecular flexibility index (Phi) is 6.62. The van der Waals surface area contributed by atoms with Crippen LogP contribution in [0, 0.1) is 0 Å². The average Bonchev–Trinajstić information content (AvgIpc) is 2.98. The van der Waals surface area contributed by atoms with E-state index in [-0.39, 0.29) is 19.0 Å². The number of anilines is 1. The molecule has 0 bridgehead atoms. The van der Waals surface area contributed by atoms with Crippen LogP contribution in [-0.4, -0.2) is 63.3 Å². The number of nitrogens with two attached hydrogens (primary N) is 1. The summed E-state index contributed by atoms with van der Waals surface area (Å²) >= 11 is 0. The summed E-state index contributed by atoms with van der Waals surface area (Å²) in [5.41, 5.74) is 6.52. The van der Waals surface area contributed by atoms with Gasteiger partial charge in [0.25, 0.3) is 0 Å². The topological polar surface area (TPSA) is 164 Å². The van der Waals surface area contributed by atoms with Crippen LogP contribution in [0.4, 0.5) is 5.82 Å². The van der Waals surface area contributed by atoms with Crippen molar-refractivity contribution in [1.82, 2.24) is 24.8 Å². The molecule has 4 N–H and O–H groups in total. The predicted octanol–water partition coefficient (Wildman–Crippen LogP) is -0.308. The lowest BCUT2D eigenvalue weighted by Crippen LogP contribution is -2.47. The highest BCUT2D eigenvalue weighted by Gasteiger charge is 2.29. The van der Waals surface area contributed by atoms with Crippen molar-refractivity contribution >= 4 is 30.7 Å². The zero-order valence-electron chi connectivity index (χ0n) is 14.5. The third-order valence-electron chi connectivity index (χ3n) is 3.53. The first kappa shape index (κ1) is 20.2. The van der Waals surface area contributed by atoms with Gasteiger partial charge in [0, 0.05) is 14.2 Å². The molecule has 1 amide bonds. The molecule has 2 aromatic rings. The molecule has 3 atom stereocenters. The van der Waals surface area contributed by atoms with E-state index in [2.05, 4.69) is 24.8 Å². The summed E-state index contributed by atoms with van der Waals surface area (Å²) in [6.45, 7) is 1.49. The lowest BCUT2D eigenvalue weighted by molar-refractivity contribution is -0.123. The van der Waals surface area contributed by atoms with Crippen LogP contribution in [0.15, 0.2) is 12.7 Å². The number of phosphoric ester groups is 1. The molecule has 2 aromatic heterocycles. The van der Waals surface area contributed by atoms with E-state index in [1.807, 2.05) is 0 Å². The number of carbonyl (C=O) groups is 1. The molecule has 0 aliphatic rings. The second kappa shape index (κ2) is 8.52. The number of methoxy groups -OCH3 is 1. The Morgan fingerprint density at radius 1 is 1.42 bits per heavy atom. The van der Waals surface area contributed by atoms with Crippen molar-refractivity contribution in [3.8, 4) is 0 Å². The van der Waals surface area contributed by atoms with Gasteiger partial charge in [-0.2, -0.15) is 0 Å². The smallest absolute Gasteiger partial charge is 0.382 e. The van der Waals surface area contributed by atoms with Crippen molar-refractivity contribution in [2.45, 2.75) is 25.6 Å². The van der Waals surface area contributed by atoms with Gasteiger partial charge >= 0.3 is 7.82 Å². The van der Waals surface area contributed by atoms with Crippen molar-refractivity contribution in [2.75, 3.05) is 26.6 Å². The molecule has 0 saturated heterocycles. The summed E-state index contributed by atoms with van der Waals surface area (Å²) in [5, 5.41) is 2.68. The molecule has 0 fully saturated rings. The quantitative estimate of drug-likeness (QED) is 0.485. The lowest BCUT2D eigenvalue weighted by atomic mass is 10.2. The summed E-state index contributed by atoms with van der Waals surface area (Å²) < 4.78 is 27.4. The first-order valence-corrected chi connectivity index (χ1v) is 9.03. The molecule has 26 heavy (non-hydrogen) atoms. The standard InChI is InChI=1S/C13H21N6O6P/c1-8(25-26(21,22)24-3)9(5-23-2)18-10(20)4-19-7-17-11-12(14)15-6-16-13(11)19/h6-9H,4-5H2,1-3H3,(H,18,20)(H,21,22)(H2,14,15,16)/t8-,9-/m0/s1. The fourth-order valence-electron chi connectivity index (χ4n) is 2.22. The maximum absolute atomic E-state index is 12.4. The number of hydrogen-bond acceptors (Lipinski definition) is 9. The number of nitrogens with zero attached hydrogens (tertiary/aromatic N) is 4. The van der Waals surface area contributed by atoms with Gasteiger partial charge in [-0.3, -0.25) is 13.8 Å². The van der Waals surface area contributed by atoms with Crippen LogP contribution < -0.4 is 11.1 Å². The Balaban J connectivity index is 2.07. The van der Waals surface area contributed by atoms with E-state index in [4.69, 9.17) is 15.0 Å². The number of amides is 1. The van der Waals surface area contributed by atoms with Crippen molar-refractivity contribution in [2.24, 2.45) is 0 Å². The number of rotatable bonds is 9. The van der Waals surface area contributed by atoms with Crippen LogP contribution in [-0.2, 0) is 29.7 Å². The summed E-state index contributed by atoms with van der Waals surface area (Å²) in [6.07, 6.45) is 1.86. The number of fused-ring (bicyclic) bond motifs is 1. The predicted molar refractivity (Wildman–Crippen MR) is 90.9 cm³/mol. The summed E-state index contributed by atoms with van der Waals surface area (Å²) in [6, 6.07) is -0.683. The molecule has 13 heteroatoms. The molecule has 1 unspecified atom stereocenters. The largest absolute Gasteiger partial charge is 0.472 e. The number of carbonyl (C=O) groups excluding carboxylic acids is 1. The molecule has 2 rings (SSSR count). The molecule has 0 aromatic carbocycles.